The number of aldehydes is 1. The number of carboxylic acid groups (broad SMARTS) is 1. The summed E-state index contributed by atoms with van der Waals surface area (Å²) in [6, 6.07) is 4.48. The van der Waals surface area contributed by atoms with Crippen molar-refractivity contribution in [2.24, 2.45) is 0 Å². The van der Waals surface area contributed by atoms with Crippen molar-refractivity contribution >= 4 is 29.6 Å². The fourth-order valence-corrected chi connectivity index (χ4v) is 2.93. The Balaban J connectivity index is 2.48. The van der Waals surface area contributed by atoms with Gasteiger partial charge in [0.05, 0.1) is 4.88 Å². The normalized spacial score (nSPS) is 11.2. The van der Waals surface area contributed by atoms with Gasteiger partial charge in [0.15, 0.2) is 6.29 Å². The number of hydrogen-bond acceptors (Lipinski definition) is 6. The van der Waals surface area contributed by atoms with Crippen LogP contribution in [0.2, 0.25) is 0 Å². The molecule has 2 heterocycles. The van der Waals surface area contributed by atoms with E-state index >= 15 is 0 Å². The molecule has 25 heavy (non-hydrogen) atoms. The predicted molar refractivity (Wildman–Crippen MR) is 92.2 cm³/mol. The highest BCUT2D eigenvalue weighted by Crippen LogP contribution is 2.27. The summed E-state index contributed by atoms with van der Waals surface area (Å²) in [4.78, 5) is 47.5. The van der Waals surface area contributed by atoms with Crippen molar-refractivity contribution in [3.8, 4) is 10.4 Å². The number of pyridine rings is 1. The molecule has 0 amide bonds. The van der Waals surface area contributed by atoms with E-state index in [1.807, 2.05) is 0 Å². The van der Waals surface area contributed by atoms with Gasteiger partial charge in [0.25, 0.3) is 5.56 Å². The average molecular weight is 363 g/mol. The van der Waals surface area contributed by atoms with Gasteiger partial charge >= 0.3 is 11.9 Å². The van der Waals surface area contributed by atoms with Crippen LogP contribution in [0.1, 0.15) is 40.8 Å². The van der Waals surface area contributed by atoms with Gasteiger partial charge in [-0.3, -0.25) is 14.4 Å². The van der Waals surface area contributed by atoms with Crippen LogP contribution in [0.3, 0.4) is 0 Å². The Hall–Kier alpha value is -2.74. The van der Waals surface area contributed by atoms with Crippen molar-refractivity contribution in [3.05, 3.63) is 45.2 Å². The Morgan fingerprint density at radius 3 is 2.52 bits per heavy atom. The van der Waals surface area contributed by atoms with Crippen LogP contribution in [0.15, 0.2) is 29.2 Å². The molecule has 0 aliphatic heterocycles. The lowest BCUT2D eigenvalue weighted by Gasteiger charge is -2.20. The molecule has 0 fully saturated rings. The predicted octanol–water partition coefficient (Wildman–Crippen LogP) is 2.43. The molecule has 0 radical (unpaired) electrons. The molecule has 2 aromatic heterocycles. The summed E-state index contributed by atoms with van der Waals surface area (Å²) in [7, 11) is 0. The van der Waals surface area contributed by atoms with Crippen LogP contribution >= 0.6 is 11.3 Å². The summed E-state index contributed by atoms with van der Waals surface area (Å²) >= 11 is 1.16. The topological polar surface area (TPSA) is 103 Å². The highest BCUT2D eigenvalue weighted by molar-refractivity contribution is 7.17. The van der Waals surface area contributed by atoms with Gasteiger partial charge in [0, 0.05) is 16.6 Å². The summed E-state index contributed by atoms with van der Waals surface area (Å²) in [5, 5.41) is 9.25. The average Bonchev–Trinajstić information content (AvgIpc) is 2.96. The molecule has 1 N–H and O–H groups in total. The number of aromatic carboxylic acids is 1. The number of thiophene rings is 1. The summed E-state index contributed by atoms with van der Waals surface area (Å²) in [6.45, 7) is 4.67. The van der Waals surface area contributed by atoms with Crippen LogP contribution in [0.5, 0.6) is 0 Å². The minimum atomic E-state index is -1.39. The summed E-state index contributed by atoms with van der Waals surface area (Å²) < 4.78 is 6.18. The van der Waals surface area contributed by atoms with Crippen LogP contribution in [0, 0.1) is 0 Å². The molecular weight excluding hydrogens is 346 g/mol. The van der Waals surface area contributed by atoms with Crippen LogP contribution in [-0.2, 0) is 16.1 Å². The summed E-state index contributed by atoms with van der Waals surface area (Å²) in [5.74, 6) is -2.04. The first-order valence-corrected chi connectivity index (χ1v) is 8.17. The number of hydrogen-bond donors (Lipinski definition) is 1. The van der Waals surface area contributed by atoms with Crippen molar-refractivity contribution in [3.63, 3.8) is 0 Å². The molecule has 8 heteroatoms. The van der Waals surface area contributed by atoms with E-state index in [0.29, 0.717) is 21.6 Å². The zero-order chi connectivity index (χ0) is 18.8. The number of nitrogens with zero attached hydrogens (tertiary/aromatic N) is 1. The molecule has 0 atom stereocenters. The van der Waals surface area contributed by atoms with Crippen LogP contribution in [0.25, 0.3) is 10.4 Å². The molecule has 7 nitrogen and oxygen atoms in total. The van der Waals surface area contributed by atoms with E-state index in [9.17, 15) is 24.3 Å². The zero-order valence-electron chi connectivity index (χ0n) is 13.9. The van der Waals surface area contributed by atoms with Crippen LogP contribution < -0.4 is 5.56 Å². The lowest BCUT2D eigenvalue weighted by Crippen LogP contribution is -2.32. The van der Waals surface area contributed by atoms with Crippen molar-refractivity contribution < 1.29 is 24.2 Å². The Morgan fingerprint density at radius 2 is 2.00 bits per heavy atom. The minimum absolute atomic E-state index is 0.407. The van der Waals surface area contributed by atoms with E-state index in [-0.39, 0.29) is 0 Å². The highest BCUT2D eigenvalue weighted by Gasteiger charge is 2.20. The Kier molecular flexibility index (Phi) is 5.22. The zero-order valence-corrected chi connectivity index (χ0v) is 14.8. The van der Waals surface area contributed by atoms with E-state index in [1.54, 1.807) is 32.9 Å². The van der Waals surface area contributed by atoms with Gasteiger partial charge in [-0.1, -0.05) is 0 Å². The van der Waals surface area contributed by atoms with Gasteiger partial charge in [-0.25, -0.2) is 4.79 Å². The highest BCUT2D eigenvalue weighted by atomic mass is 32.1. The lowest BCUT2D eigenvalue weighted by atomic mass is 10.1. The van der Waals surface area contributed by atoms with Gasteiger partial charge in [-0.2, -0.15) is 0 Å². The van der Waals surface area contributed by atoms with Crippen molar-refractivity contribution in [2.75, 3.05) is 0 Å². The number of ether oxygens (including phenoxy) is 1. The quantitative estimate of drug-likeness (QED) is 0.646. The third-order valence-electron chi connectivity index (χ3n) is 3.06. The lowest BCUT2D eigenvalue weighted by molar-refractivity contribution is -0.155. The second kappa shape index (κ2) is 7.02. The fourth-order valence-electron chi connectivity index (χ4n) is 2.13. The minimum Gasteiger partial charge on any atom is -0.477 e. The molecule has 0 saturated carbocycles. The molecule has 132 valence electrons. The maximum atomic E-state index is 12.3. The third-order valence-corrected chi connectivity index (χ3v) is 4.12. The maximum absolute atomic E-state index is 12.3. The van der Waals surface area contributed by atoms with Crippen molar-refractivity contribution in [1.29, 1.82) is 0 Å². The number of carboxylic acids is 1. The Morgan fingerprint density at radius 1 is 1.32 bits per heavy atom. The summed E-state index contributed by atoms with van der Waals surface area (Å²) in [6.07, 6.45) is 2.07. The van der Waals surface area contributed by atoms with Gasteiger partial charge < -0.3 is 14.4 Å². The maximum Gasteiger partial charge on any atom is 0.341 e. The van der Waals surface area contributed by atoms with Crippen LogP contribution in [0.4, 0.5) is 0 Å². The fraction of sp³-hybridized carbons (Fsp3) is 0.294. The molecule has 0 aliphatic rings. The number of aromatic nitrogens is 1. The molecule has 2 rings (SSSR count). The third kappa shape index (κ3) is 4.63. The summed E-state index contributed by atoms with van der Waals surface area (Å²) in [5.41, 5.74) is -1.55. The second-order valence-corrected chi connectivity index (χ2v) is 7.40. The van der Waals surface area contributed by atoms with Gasteiger partial charge in [-0.15, -0.1) is 11.3 Å². The second-order valence-electron chi connectivity index (χ2n) is 6.29. The number of carbonyl (C=O) groups is 3. The molecule has 0 saturated heterocycles. The SMILES string of the molecule is CC(C)(C)OC(=O)Cn1cc(-c2ccc(C=O)s2)cc(C(=O)O)c1=O. The van der Waals surface area contributed by atoms with Crippen LogP contribution in [-0.4, -0.2) is 33.5 Å². The number of carbonyl (C=O) groups excluding carboxylic acids is 2. The molecule has 2 aromatic rings. The molecule has 0 spiro atoms. The smallest absolute Gasteiger partial charge is 0.341 e. The monoisotopic (exact) mass is 363 g/mol. The van der Waals surface area contributed by atoms with Gasteiger partial charge in [-0.05, 0) is 39.0 Å². The molecular formula is C17H17NO6S. The Bertz CT molecular complexity index is 887. The first-order valence-electron chi connectivity index (χ1n) is 7.36. The van der Waals surface area contributed by atoms with Crippen molar-refractivity contribution in [1.82, 2.24) is 4.57 Å². The molecule has 0 unspecified atom stereocenters. The van der Waals surface area contributed by atoms with Crippen molar-refractivity contribution in [2.45, 2.75) is 32.9 Å². The van der Waals surface area contributed by atoms with E-state index in [1.165, 1.54) is 12.3 Å². The standard InChI is InChI=1S/C17H17NO6S/c1-17(2,3)24-14(20)8-18-7-10(6-12(15(18)21)16(22)23)13-5-4-11(9-19)25-13/h4-7,9H,8H2,1-3H3,(H,22,23). The van der Waals surface area contributed by atoms with E-state index in [4.69, 9.17) is 4.74 Å². The van der Waals surface area contributed by atoms with Gasteiger partial charge in [0.2, 0.25) is 0 Å². The molecule has 0 aromatic carbocycles. The number of esters is 1. The van der Waals surface area contributed by atoms with E-state index in [0.717, 1.165) is 15.9 Å². The first-order chi connectivity index (χ1) is 11.6. The van der Waals surface area contributed by atoms with Gasteiger partial charge in [0.1, 0.15) is 17.7 Å². The molecule has 0 bridgehead atoms. The first kappa shape index (κ1) is 18.6. The largest absolute Gasteiger partial charge is 0.477 e. The molecule has 0 aliphatic carbocycles. The number of rotatable bonds is 5. The van der Waals surface area contributed by atoms with E-state index in [2.05, 4.69) is 0 Å². The van der Waals surface area contributed by atoms with E-state index < -0.39 is 35.2 Å². The Labute approximate surface area is 147 Å².